The molecule has 0 bridgehead atoms. The summed E-state index contributed by atoms with van der Waals surface area (Å²) in [6.07, 6.45) is 3.26. The summed E-state index contributed by atoms with van der Waals surface area (Å²) in [6.45, 7) is 1.94. The van der Waals surface area contributed by atoms with E-state index in [0.717, 1.165) is 10.4 Å². The van der Waals surface area contributed by atoms with Crippen molar-refractivity contribution in [3.8, 4) is 0 Å². The second kappa shape index (κ2) is 3.72. The Bertz CT molecular complexity index is 447. The molecule has 2 aromatic rings. The zero-order chi connectivity index (χ0) is 9.97. The summed E-state index contributed by atoms with van der Waals surface area (Å²) >= 11 is 1.48. The molecule has 0 unspecified atom stereocenters. The van der Waals surface area contributed by atoms with Crippen molar-refractivity contribution >= 4 is 17.1 Å². The standard InChI is InChI=1S/C11H9NOS/c1-8-4-6-14-11(8)10(13)9-3-2-5-12-7-9/h2-7H,1H3. The summed E-state index contributed by atoms with van der Waals surface area (Å²) < 4.78 is 0. The Balaban J connectivity index is 2.39. The van der Waals surface area contributed by atoms with E-state index in [-0.39, 0.29) is 5.78 Å². The van der Waals surface area contributed by atoms with Crippen LogP contribution in [0.25, 0.3) is 0 Å². The van der Waals surface area contributed by atoms with E-state index in [4.69, 9.17) is 0 Å². The normalized spacial score (nSPS) is 10.1. The molecule has 3 heteroatoms. The van der Waals surface area contributed by atoms with E-state index in [1.165, 1.54) is 11.3 Å². The van der Waals surface area contributed by atoms with Gasteiger partial charge in [0.25, 0.3) is 0 Å². The molecule has 0 N–H and O–H groups in total. The van der Waals surface area contributed by atoms with Crippen LogP contribution in [0.5, 0.6) is 0 Å². The number of nitrogens with zero attached hydrogens (tertiary/aromatic N) is 1. The average molecular weight is 203 g/mol. The number of hydrogen-bond donors (Lipinski definition) is 0. The fourth-order valence-electron chi connectivity index (χ4n) is 1.23. The van der Waals surface area contributed by atoms with Crippen molar-refractivity contribution in [2.24, 2.45) is 0 Å². The first-order valence-electron chi connectivity index (χ1n) is 4.28. The van der Waals surface area contributed by atoms with Crippen molar-refractivity contribution in [1.82, 2.24) is 4.98 Å². The van der Waals surface area contributed by atoms with Gasteiger partial charge in [0.15, 0.2) is 0 Å². The Morgan fingerprint density at radius 1 is 1.43 bits per heavy atom. The lowest BCUT2D eigenvalue weighted by molar-refractivity contribution is 0.104. The van der Waals surface area contributed by atoms with Crippen molar-refractivity contribution in [1.29, 1.82) is 0 Å². The van der Waals surface area contributed by atoms with E-state index in [1.807, 2.05) is 18.4 Å². The van der Waals surface area contributed by atoms with Gasteiger partial charge in [-0.05, 0) is 36.1 Å². The SMILES string of the molecule is Cc1ccsc1C(=O)c1cccnc1. The Kier molecular flexibility index (Phi) is 2.41. The van der Waals surface area contributed by atoms with E-state index < -0.39 is 0 Å². The van der Waals surface area contributed by atoms with E-state index in [0.29, 0.717) is 5.56 Å². The maximum absolute atomic E-state index is 11.9. The van der Waals surface area contributed by atoms with Crippen LogP contribution in [0.4, 0.5) is 0 Å². The third-order valence-electron chi connectivity index (χ3n) is 1.99. The number of pyridine rings is 1. The lowest BCUT2D eigenvalue weighted by atomic mass is 10.1. The third-order valence-corrected chi connectivity index (χ3v) is 3.01. The van der Waals surface area contributed by atoms with Gasteiger partial charge >= 0.3 is 0 Å². The van der Waals surface area contributed by atoms with Crippen molar-refractivity contribution in [3.63, 3.8) is 0 Å². The van der Waals surface area contributed by atoms with Crippen LogP contribution in [0.1, 0.15) is 20.8 Å². The Labute approximate surface area is 86.2 Å². The highest BCUT2D eigenvalue weighted by molar-refractivity contribution is 7.12. The first kappa shape index (κ1) is 9.09. The van der Waals surface area contributed by atoms with Crippen molar-refractivity contribution < 1.29 is 4.79 Å². The molecular weight excluding hydrogens is 194 g/mol. The highest BCUT2D eigenvalue weighted by Crippen LogP contribution is 2.19. The van der Waals surface area contributed by atoms with Crippen LogP contribution in [0, 0.1) is 6.92 Å². The summed E-state index contributed by atoms with van der Waals surface area (Å²) in [5.41, 5.74) is 1.68. The molecule has 0 aromatic carbocycles. The lowest BCUT2D eigenvalue weighted by Gasteiger charge is -1.97. The number of rotatable bonds is 2. The molecule has 0 atom stereocenters. The summed E-state index contributed by atoms with van der Waals surface area (Å²) in [5.74, 6) is 0.0607. The van der Waals surface area contributed by atoms with Crippen LogP contribution >= 0.6 is 11.3 Å². The highest BCUT2D eigenvalue weighted by atomic mass is 32.1. The molecule has 70 valence electrons. The summed E-state index contributed by atoms with van der Waals surface area (Å²) in [4.78, 5) is 16.6. The quantitative estimate of drug-likeness (QED) is 0.702. The lowest BCUT2D eigenvalue weighted by Crippen LogP contribution is -2.00. The Morgan fingerprint density at radius 3 is 2.86 bits per heavy atom. The molecule has 0 aliphatic carbocycles. The fraction of sp³-hybridized carbons (Fsp3) is 0.0909. The zero-order valence-corrected chi connectivity index (χ0v) is 8.54. The first-order valence-corrected chi connectivity index (χ1v) is 5.16. The van der Waals surface area contributed by atoms with Crippen LogP contribution < -0.4 is 0 Å². The number of aromatic nitrogens is 1. The van der Waals surface area contributed by atoms with Gasteiger partial charge in [-0.1, -0.05) is 0 Å². The van der Waals surface area contributed by atoms with Gasteiger partial charge in [-0.15, -0.1) is 11.3 Å². The molecular formula is C11H9NOS. The molecule has 0 amide bonds. The van der Waals surface area contributed by atoms with Crippen molar-refractivity contribution in [2.75, 3.05) is 0 Å². The largest absolute Gasteiger partial charge is 0.288 e. The molecule has 2 heterocycles. The van der Waals surface area contributed by atoms with Gasteiger partial charge < -0.3 is 0 Å². The van der Waals surface area contributed by atoms with Crippen molar-refractivity contribution in [2.45, 2.75) is 6.92 Å². The van der Waals surface area contributed by atoms with Crippen LogP contribution in [0.2, 0.25) is 0 Å². The molecule has 0 spiro atoms. The summed E-state index contributed by atoms with van der Waals surface area (Å²) in [6, 6.07) is 5.51. The van der Waals surface area contributed by atoms with Gasteiger partial charge in [-0.2, -0.15) is 0 Å². The maximum Gasteiger partial charge on any atom is 0.204 e. The molecule has 0 aliphatic rings. The Morgan fingerprint density at radius 2 is 2.29 bits per heavy atom. The third kappa shape index (κ3) is 1.59. The number of ketones is 1. The minimum absolute atomic E-state index is 0.0607. The molecule has 2 aromatic heterocycles. The molecule has 0 saturated carbocycles. The van der Waals surface area contributed by atoms with E-state index in [2.05, 4.69) is 4.98 Å². The molecule has 0 fully saturated rings. The van der Waals surface area contributed by atoms with Crippen LogP contribution in [0.15, 0.2) is 36.0 Å². The predicted molar refractivity (Wildman–Crippen MR) is 56.7 cm³/mol. The number of carbonyl (C=O) groups is 1. The van der Waals surface area contributed by atoms with Crippen LogP contribution in [-0.2, 0) is 0 Å². The molecule has 2 rings (SSSR count). The van der Waals surface area contributed by atoms with Crippen LogP contribution in [0.3, 0.4) is 0 Å². The Hall–Kier alpha value is -1.48. The highest BCUT2D eigenvalue weighted by Gasteiger charge is 2.12. The monoisotopic (exact) mass is 203 g/mol. The molecule has 14 heavy (non-hydrogen) atoms. The van der Waals surface area contributed by atoms with E-state index in [1.54, 1.807) is 24.5 Å². The van der Waals surface area contributed by atoms with Gasteiger partial charge in [-0.3, -0.25) is 9.78 Å². The fourth-order valence-corrected chi connectivity index (χ4v) is 2.12. The van der Waals surface area contributed by atoms with E-state index >= 15 is 0 Å². The molecule has 0 radical (unpaired) electrons. The van der Waals surface area contributed by atoms with Crippen LogP contribution in [-0.4, -0.2) is 10.8 Å². The number of hydrogen-bond acceptors (Lipinski definition) is 3. The maximum atomic E-state index is 11.9. The van der Waals surface area contributed by atoms with Crippen molar-refractivity contribution in [3.05, 3.63) is 52.0 Å². The summed E-state index contributed by atoms with van der Waals surface area (Å²) in [5, 5.41) is 1.93. The topological polar surface area (TPSA) is 30.0 Å². The van der Waals surface area contributed by atoms with E-state index in [9.17, 15) is 4.79 Å². The van der Waals surface area contributed by atoms with Gasteiger partial charge in [0.2, 0.25) is 5.78 Å². The van der Waals surface area contributed by atoms with Gasteiger partial charge in [0.05, 0.1) is 4.88 Å². The second-order valence-corrected chi connectivity index (χ2v) is 3.92. The zero-order valence-electron chi connectivity index (χ0n) is 7.73. The smallest absolute Gasteiger partial charge is 0.204 e. The summed E-state index contributed by atoms with van der Waals surface area (Å²) in [7, 11) is 0. The van der Waals surface area contributed by atoms with Gasteiger partial charge in [0, 0.05) is 18.0 Å². The average Bonchev–Trinajstić information content (AvgIpc) is 2.65. The number of thiophene rings is 1. The first-order chi connectivity index (χ1) is 6.79. The number of carbonyl (C=O) groups excluding carboxylic acids is 1. The molecule has 0 aliphatic heterocycles. The second-order valence-electron chi connectivity index (χ2n) is 3.00. The molecule has 2 nitrogen and oxygen atoms in total. The minimum atomic E-state index is 0.0607. The minimum Gasteiger partial charge on any atom is -0.288 e. The predicted octanol–water partition coefficient (Wildman–Crippen LogP) is 2.68. The number of aryl methyl sites for hydroxylation is 1. The molecule has 0 saturated heterocycles. The van der Waals surface area contributed by atoms with Gasteiger partial charge in [0.1, 0.15) is 0 Å². The van der Waals surface area contributed by atoms with Gasteiger partial charge in [-0.25, -0.2) is 0 Å².